The van der Waals surface area contributed by atoms with Gasteiger partial charge in [-0.25, -0.2) is 4.98 Å². The monoisotopic (exact) mass is 248 g/mol. The highest BCUT2D eigenvalue weighted by molar-refractivity contribution is 5.45. The minimum Gasteiger partial charge on any atom is -0.392 e. The van der Waals surface area contributed by atoms with Gasteiger partial charge in [0.2, 0.25) is 0 Å². The standard InChI is InChI=1S/C15H24N2O/c1-4-5-14-7-13(10-18)8-15(16-14)17-9-11(2)6-12(17)3/h7-8,11-12,18H,4-6,9-10H2,1-3H3. The summed E-state index contributed by atoms with van der Waals surface area (Å²) in [5, 5.41) is 9.37. The Bertz CT molecular complexity index is 405. The summed E-state index contributed by atoms with van der Waals surface area (Å²) in [5.74, 6) is 1.77. The van der Waals surface area contributed by atoms with Gasteiger partial charge in [0.1, 0.15) is 5.82 Å². The first-order valence-corrected chi connectivity index (χ1v) is 7.01. The fourth-order valence-electron chi connectivity index (χ4n) is 2.87. The summed E-state index contributed by atoms with van der Waals surface area (Å²) in [5.41, 5.74) is 2.08. The number of hydrogen-bond donors (Lipinski definition) is 1. The second kappa shape index (κ2) is 5.70. The van der Waals surface area contributed by atoms with E-state index in [0.29, 0.717) is 6.04 Å². The molecule has 3 heteroatoms. The molecule has 1 aromatic rings. The zero-order chi connectivity index (χ0) is 13.1. The van der Waals surface area contributed by atoms with Gasteiger partial charge in [0, 0.05) is 18.3 Å². The van der Waals surface area contributed by atoms with Crippen molar-refractivity contribution < 1.29 is 5.11 Å². The summed E-state index contributed by atoms with van der Waals surface area (Å²) in [6.45, 7) is 7.89. The van der Waals surface area contributed by atoms with Crippen LogP contribution in [0.2, 0.25) is 0 Å². The van der Waals surface area contributed by atoms with E-state index < -0.39 is 0 Å². The highest BCUT2D eigenvalue weighted by Gasteiger charge is 2.27. The molecule has 0 radical (unpaired) electrons. The van der Waals surface area contributed by atoms with Crippen LogP contribution in [0.1, 0.15) is 44.9 Å². The van der Waals surface area contributed by atoms with Crippen LogP contribution in [0.15, 0.2) is 12.1 Å². The van der Waals surface area contributed by atoms with Gasteiger partial charge in [-0.2, -0.15) is 0 Å². The summed E-state index contributed by atoms with van der Waals surface area (Å²) in [7, 11) is 0. The molecule has 2 atom stereocenters. The van der Waals surface area contributed by atoms with Crippen LogP contribution in [0.3, 0.4) is 0 Å². The molecule has 18 heavy (non-hydrogen) atoms. The molecule has 1 fully saturated rings. The van der Waals surface area contributed by atoms with E-state index in [9.17, 15) is 5.11 Å². The molecule has 1 N–H and O–H groups in total. The molecule has 1 aromatic heterocycles. The van der Waals surface area contributed by atoms with Crippen LogP contribution in [0.25, 0.3) is 0 Å². The van der Waals surface area contributed by atoms with Crippen LogP contribution >= 0.6 is 0 Å². The maximum Gasteiger partial charge on any atom is 0.129 e. The minimum absolute atomic E-state index is 0.101. The van der Waals surface area contributed by atoms with Crippen molar-refractivity contribution in [1.29, 1.82) is 0 Å². The number of aryl methyl sites for hydroxylation is 1. The zero-order valence-corrected chi connectivity index (χ0v) is 11.7. The Morgan fingerprint density at radius 1 is 1.39 bits per heavy atom. The lowest BCUT2D eigenvalue weighted by atomic mass is 10.1. The molecule has 1 aliphatic heterocycles. The van der Waals surface area contributed by atoms with Gasteiger partial charge in [0.15, 0.2) is 0 Å². The molecule has 2 rings (SSSR count). The van der Waals surface area contributed by atoms with Gasteiger partial charge in [-0.15, -0.1) is 0 Å². The van der Waals surface area contributed by atoms with Gasteiger partial charge in [0.25, 0.3) is 0 Å². The van der Waals surface area contributed by atoms with Gasteiger partial charge in [0.05, 0.1) is 6.61 Å². The van der Waals surface area contributed by atoms with Gasteiger partial charge in [-0.05, 0) is 43.4 Å². The van der Waals surface area contributed by atoms with Crippen molar-refractivity contribution >= 4 is 5.82 Å². The Labute approximate surface area is 110 Å². The smallest absolute Gasteiger partial charge is 0.129 e. The average molecular weight is 248 g/mol. The number of hydrogen-bond acceptors (Lipinski definition) is 3. The molecule has 2 heterocycles. The first-order chi connectivity index (χ1) is 8.63. The summed E-state index contributed by atoms with van der Waals surface area (Å²) in [6.07, 6.45) is 3.31. The third-order valence-corrected chi connectivity index (χ3v) is 3.69. The second-order valence-electron chi connectivity index (χ2n) is 5.58. The minimum atomic E-state index is 0.101. The Hall–Kier alpha value is -1.09. The predicted molar refractivity (Wildman–Crippen MR) is 74.7 cm³/mol. The number of aliphatic hydroxyl groups is 1. The molecule has 0 amide bonds. The largest absolute Gasteiger partial charge is 0.392 e. The van der Waals surface area contributed by atoms with Crippen molar-refractivity contribution in [2.24, 2.45) is 5.92 Å². The molecule has 0 bridgehead atoms. The summed E-state index contributed by atoms with van der Waals surface area (Å²) < 4.78 is 0. The molecular formula is C15H24N2O. The van der Waals surface area contributed by atoms with Crippen molar-refractivity contribution in [1.82, 2.24) is 4.98 Å². The number of nitrogens with zero attached hydrogens (tertiary/aromatic N) is 2. The molecule has 1 aliphatic rings. The van der Waals surface area contributed by atoms with Crippen LogP contribution in [0.4, 0.5) is 5.82 Å². The van der Waals surface area contributed by atoms with Crippen LogP contribution < -0.4 is 4.90 Å². The third kappa shape index (κ3) is 2.83. The fraction of sp³-hybridized carbons (Fsp3) is 0.667. The predicted octanol–water partition coefficient (Wildman–Crippen LogP) is 2.76. The van der Waals surface area contributed by atoms with E-state index in [4.69, 9.17) is 4.98 Å². The van der Waals surface area contributed by atoms with Crippen molar-refractivity contribution in [3.05, 3.63) is 23.4 Å². The lowest BCUT2D eigenvalue weighted by molar-refractivity contribution is 0.281. The zero-order valence-electron chi connectivity index (χ0n) is 11.7. The molecule has 100 valence electrons. The average Bonchev–Trinajstić information content (AvgIpc) is 2.68. The number of aliphatic hydroxyl groups excluding tert-OH is 1. The van der Waals surface area contributed by atoms with Crippen LogP contribution in [-0.2, 0) is 13.0 Å². The Kier molecular flexibility index (Phi) is 4.23. The number of rotatable bonds is 4. The molecule has 3 nitrogen and oxygen atoms in total. The van der Waals surface area contributed by atoms with Crippen molar-refractivity contribution in [3.63, 3.8) is 0 Å². The topological polar surface area (TPSA) is 36.4 Å². The normalized spacial score (nSPS) is 23.7. The quantitative estimate of drug-likeness (QED) is 0.890. The van der Waals surface area contributed by atoms with E-state index in [1.807, 2.05) is 12.1 Å². The highest BCUT2D eigenvalue weighted by atomic mass is 16.3. The van der Waals surface area contributed by atoms with Crippen molar-refractivity contribution in [3.8, 4) is 0 Å². The Morgan fingerprint density at radius 3 is 2.72 bits per heavy atom. The highest BCUT2D eigenvalue weighted by Crippen LogP contribution is 2.28. The summed E-state index contributed by atoms with van der Waals surface area (Å²) in [4.78, 5) is 7.13. The van der Waals surface area contributed by atoms with E-state index in [2.05, 4.69) is 25.7 Å². The number of anilines is 1. The Morgan fingerprint density at radius 2 is 2.17 bits per heavy atom. The van der Waals surface area contributed by atoms with Gasteiger partial charge in [-0.1, -0.05) is 20.3 Å². The molecule has 1 saturated heterocycles. The number of pyridine rings is 1. The number of aromatic nitrogens is 1. The van der Waals surface area contributed by atoms with Crippen molar-refractivity contribution in [2.75, 3.05) is 11.4 Å². The molecule has 0 aliphatic carbocycles. The van der Waals surface area contributed by atoms with E-state index in [-0.39, 0.29) is 6.61 Å². The van der Waals surface area contributed by atoms with E-state index in [1.165, 1.54) is 6.42 Å². The molecule has 0 spiro atoms. The van der Waals surface area contributed by atoms with E-state index in [0.717, 1.165) is 42.4 Å². The summed E-state index contributed by atoms with van der Waals surface area (Å²) in [6, 6.07) is 4.61. The lowest BCUT2D eigenvalue weighted by Crippen LogP contribution is -2.28. The van der Waals surface area contributed by atoms with Crippen molar-refractivity contribution in [2.45, 2.75) is 52.7 Å². The second-order valence-corrected chi connectivity index (χ2v) is 5.58. The molecule has 0 saturated carbocycles. The Balaban J connectivity index is 2.28. The first kappa shape index (κ1) is 13.3. The van der Waals surface area contributed by atoms with Crippen LogP contribution in [-0.4, -0.2) is 22.7 Å². The summed E-state index contributed by atoms with van der Waals surface area (Å²) >= 11 is 0. The third-order valence-electron chi connectivity index (χ3n) is 3.69. The van der Waals surface area contributed by atoms with E-state index >= 15 is 0 Å². The van der Waals surface area contributed by atoms with E-state index in [1.54, 1.807) is 0 Å². The lowest BCUT2D eigenvalue weighted by Gasteiger charge is -2.23. The maximum atomic E-state index is 9.37. The molecule has 2 unspecified atom stereocenters. The van der Waals surface area contributed by atoms with Crippen LogP contribution in [0.5, 0.6) is 0 Å². The molecule has 0 aromatic carbocycles. The maximum absolute atomic E-state index is 9.37. The molecular weight excluding hydrogens is 224 g/mol. The SMILES string of the molecule is CCCc1cc(CO)cc(N2CC(C)CC2C)n1. The van der Waals surface area contributed by atoms with Gasteiger partial charge in [-0.3, -0.25) is 0 Å². The first-order valence-electron chi connectivity index (χ1n) is 7.01. The van der Waals surface area contributed by atoms with Gasteiger partial charge >= 0.3 is 0 Å². The van der Waals surface area contributed by atoms with Gasteiger partial charge < -0.3 is 10.0 Å². The fourth-order valence-corrected chi connectivity index (χ4v) is 2.87. The van der Waals surface area contributed by atoms with Crippen LogP contribution in [0, 0.1) is 5.92 Å².